The average molecular weight is 386 g/mol. The molecule has 0 atom stereocenters. The van der Waals surface area contributed by atoms with Crippen LogP contribution in [0.2, 0.25) is 0 Å². The van der Waals surface area contributed by atoms with Crippen molar-refractivity contribution in [1.29, 1.82) is 0 Å². The molecule has 0 bridgehead atoms. The fraction of sp³-hybridized carbons (Fsp3) is 0.217. The monoisotopic (exact) mass is 386 g/mol. The third-order valence-electron chi connectivity index (χ3n) is 5.15. The number of pyridine rings is 2. The van der Waals surface area contributed by atoms with Crippen LogP contribution in [0, 0.1) is 5.92 Å². The fourth-order valence-corrected chi connectivity index (χ4v) is 3.61. The van der Waals surface area contributed by atoms with E-state index in [1.807, 2.05) is 36.4 Å². The van der Waals surface area contributed by atoms with E-state index in [1.54, 1.807) is 24.5 Å². The summed E-state index contributed by atoms with van der Waals surface area (Å²) in [5.41, 5.74) is 2.92. The number of nitrogens with zero attached hydrogens (tertiary/aromatic N) is 2. The number of benzene rings is 1. The Balaban J connectivity index is 1.50. The number of nitrogens with one attached hydrogen (secondary N) is 2. The summed E-state index contributed by atoms with van der Waals surface area (Å²) < 4.78 is 0. The zero-order chi connectivity index (χ0) is 20.1. The van der Waals surface area contributed by atoms with Gasteiger partial charge in [-0.15, -0.1) is 0 Å². The first-order valence-corrected chi connectivity index (χ1v) is 9.78. The molecule has 146 valence electrons. The van der Waals surface area contributed by atoms with Crippen molar-refractivity contribution in [3.8, 4) is 11.1 Å². The lowest BCUT2D eigenvalue weighted by atomic mass is 10.1. The second-order valence-corrected chi connectivity index (χ2v) is 7.14. The van der Waals surface area contributed by atoms with Gasteiger partial charge in [0.25, 0.3) is 5.91 Å². The lowest BCUT2D eigenvalue weighted by molar-refractivity contribution is -0.119. The van der Waals surface area contributed by atoms with Crippen LogP contribution in [0.5, 0.6) is 0 Å². The van der Waals surface area contributed by atoms with Gasteiger partial charge in [0, 0.05) is 29.4 Å². The van der Waals surface area contributed by atoms with Crippen LogP contribution in [0.1, 0.15) is 36.0 Å². The number of hydrogen-bond donors (Lipinski definition) is 2. The molecule has 0 radical (unpaired) electrons. The predicted molar refractivity (Wildman–Crippen MR) is 112 cm³/mol. The number of carbonyl (C=O) groups excluding carboxylic acids is 2. The van der Waals surface area contributed by atoms with Crippen LogP contribution >= 0.6 is 0 Å². The lowest BCUT2D eigenvalue weighted by Gasteiger charge is -2.12. The summed E-state index contributed by atoms with van der Waals surface area (Å²) >= 11 is 0. The molecule has 6 nitrogen and oxygen atoms in total. The third kappa shape index (κ3) is 4.48. The maximum atomic E-state index is 12.8. The topological polar surface area (TPSA) is 84.0 Å². The van der Waals surface area contributed by atoms with E-state index in [0.717, 1.165) is 36.8 Å². The standard InChI is InChI=1S/C23H22N4O2/c28-22(17-8-4-5-9-17)27-21-14-18(10-13-25-21)23(29)26-20-15-24-12-11-19(20)16-6-2-1-3-7-16/h1-3,6-7,10-15,17H,4-5,8-9H2,(H,26,29)(H,25,27,28). The fourth-order valence-electron chi connectivity index (χ4n) is 3.61. The van der Waals surface area contributed by atoms with Crippen molar-refractivity contribution in [2.24, 2.45) is 5.92 Å². The first-order chi connectivity index (χ1) is 14.2. The highest BCUT2D eigenvalue weighted by Gasteiger charge is 2.23. The largest absolute Gasteiger partial charge is 0.320 e. The maximum absolute atomic E-state index is 12.8. The average Bonchev–Trinajstić information content (AvgIpc) is 3.30. The van der Waals surface area contributed by atoms with Crippen LogP contribution in [0.4, 0.5) is 11.5 Å². The Morgan fingerprint density at radius 1 is 0.931 bits per heavy atom. The second-order valence-electron chi connectivity index (χ2n) is 7.14. The molecule has 2 aromatic heterocycles. The molecule has 1 aromatic carbocycles. The van der Waals surface area contributed by atoms with Crippen molar-refractivity contribution in [2.75, 3.05) is 10.6 Å². The lowest BCUT2D eigenvalue weighted by Crippen LogP contribution is -2.21. The highest BCUT2D eigenvalue weighted by atomic mass is 16.2. The van der Waals surface area contributed by atoms with Crippen LogP contribution in [-0.4, -0.2) is 21.8 Å². The van der Waals surface area contributed by atoms with Gasteiger partial charge in [0.2, 0.25) is 5.91 Å². The molecular formula is C23H22N4O2. The summed E-state index contributed by atoms with van der Waals surface area (Å²) in [4.78, 5) is 33.5. The number of anilines is 2. The highest BCUT2D eigenvalue weighted by molar-refractivity contribution is 6.06. The van der Waals surface area contributed by atoms with Crippen LogP contribution in [0.15, 0.2) is 67.1 Å². The van der Waals surface area contributed by atoms with E-state index in [0.29, 0.717) is 17.1 Å². The minimum absolute atomic E-state index is 0.0221. The normalized spacial score (nSPS) is 13.8. The summed E-state index contributed by atoms with van der Waals surface area (Å²) in [6.45, 7) is 0. The first-order valence-electron chi connectivity index (χ1n) is 9.78. The van der Waals surface area contributed by atoms with E-state index in [9.17, 15) is 9.59 Å². The number of carbonyl (C=O) groups is 2. The summed E-state index contributed by atoms with van der Waals surface area (Å²) in [6.07, 6.45) is 8.85. The van der Waals surface area contributed by atoms with E-state index < -0.39 is 0 Å². The summed E-state index contributed by atoms with van der Waals surface area (Å²) in [7, 11) is 0. The van der Waals surface area contributed by atoms with Crippen molar-refractivity contribution in [3.63, 3.8) is 0 Å². The van der Waals surface area contributed by atoms with Crippen molar-refractivity contribution in [1.82, 2.24) is 9.97 Å². The molecule has 1 aliphatic rings. The molecule has 0 saturated heterocycles. The molecule has 2 N–H and O–H groups in total. The van der Waals surface area contributed by atoms with Crippen LogP contribution in [0.3, 0.4) is 0 Å². The van der Waals surface area contributed by atoms with Gasteiger partial charge in [-0.1, -0.05) is 43.2 Å². The Kier molecular flexibility index (Phi) is 5.61. The summed E-state index contributed by atoms with van der Waals surface area (Å²) in [6, 6.07) is 14.9. The van der Waals surface area contributed by atoms with Gasteiger partial charge < -0.3 is 10.6 Å². The first kappa shape index (κ1) is 18.8. The van der Waals surface area contributed by atoms with Gasteiger partial charge in [-0.2, -0.15) is 0 Å². The van der Waals surface area contributed by atoms with Crippen molar-refractivity contribution >= 4 is 23.3 Å². The number of aromatic nitrogens is 2. The molecule has 0 aliphatic heterocycles. The quantitative estimate of drug-likeness (QED) is 0.675. The van der Waals surface area contributed by atoms with E-state index in [2.05, 4.69) is 20.6 Å². The molecule has 29 heavy (non-hydrogen) atoms. The molecule has 6 heteroatoms. The van der Waals surface area contributed by atoms with Gasteiger partial charge in [0.15, 0.2) is 0 Å². The Labute approximate surface area is 169 Å². The van der Waals surface area contributed by atoms with Gasteiger partial charge in [-0.3, -0.25) is 14.6 Å². The Morgan fingerprint density at radius 3 is 2.52 bits per heavy atom. The van der Waals surface area contributed by atoms with Crippen molar-refractivity contribution in [2.45, 2.75) is 25.7 Å². The van der Waals surface area contributed by atoms with Crippen molar-refractivity contribution in [3.05, 3.63) is 72.7 Å². The number of rotatable bonds is 5. The van der Waals surface area contributed by atoms with Gasteiger partial charge >= 0.3 is 0 Å². The van der Waals surface area contributed by atoms with Crippen LogP contribution in [0.25, 0.3) is 11.1 Å². The zero-order valence-corrected chi connectivity index (χ0v) is 16.0. The highest BCUT2D eigenvalue weighted by Crippen LogP contribution is 2.28. The van der Waals surface area contributed by atoms with E-state index in [4.69, 9.17) is 0 Å². The zero-order valence-electron chi connectivity index (χ0n) is 16.0. The molecule has 4 rings (SSSR count). The minimum Gasteiger partial charge on any atom is -0.320 e. The maximum Gasteiger partial charge on any atom is 0.255 e. The molecule has 0 unspecified atom stereocenters. The number of hydrogen-bond acceptors (Lipinski definition) is 4. The predicted octanol–water partition coefficient (Wildman–Crippen LogP) is 4.52. The van der Waals surface area contributed by atoms with Gasteiger partial charge in [0.1, 0.15) is 5.82 Å². The Morgan fingerprint density at radius 2 is 1.72 bits per heavy atom. The van der Waals surface area contributed by atoms with E-state index >= 15 is 0 Å². The van der Waals surface area contributed by atoms with Gasteiger partial charge in [0.05, 0.1) is 11.9 Å². The third-order valence-corrected chi connectivity index (χ3v) is 5.15. The van der Waals surface area contributed by atoms with E-state index in [-0.39, 0.29) is 17.7 Å². The van der Waals surface area contributed by atoms with Gasteiger partial charge in [-0.25, -0.2) is 4.98 Å². The summed E-state index contributed by atoms with van der Waals surface area (Å²) in [5, 5.41) is 5.76. The molecule has 3 aromatic rings. The molecule has 1 fully saturated rings. The Bertz CT molecular complexity index is 1010. The van der Waals surface area contributed by atoms with E-state index in [1.165, 1.54) is 6.20 Å². The molecule has 1 aliphatic carbocycles. The Hall–Kier alpha value is -3.54. The van der Waals surface area contributed by atoms with Gasteiger partial charge in [-0.05, 0) is 36.6 Å². The second kappa shape index (κ2) is 8.65. The molecule has 2 heterocycles. The molecular weight excluding hydrogens is 364 g/mol. The molecule has 1 saturated carbocycles. The summed E-state index contributed by atoms with van der Waals surface area (Å²) in [5.74, 6) is 0.127. The molecule has 2 amide bonds. The minimum atomic E-state index is -0.283. The number of amides is 2. The smallest absolute Gasteiger partial charge is 0.255 e. The van der Waals surface area contributed by atoms with Crippen LogP contribution < -0.4 is 10.6 Å². The SMILES string of the molecule is O=C(Nc1cnccc1-c1ccccc1)c1ccnc(NC(=O)C2CCCC2)c1. The molecule has 0 spiro atoms. The van der Waals surface area contributed by atoms with Crippen LogP contribution in [-0.2, 0) is 4.79 Å². The van der Waals surface area contributed by atoms with Crippen molar-refractivity contribution < 1.29 is 9.59 Å².